The van der Waals surface area contributed by atoms with Crippen molar-refractivity contribution in [2.45, 2.75) is 12.7 Å². The summed E-state index contributed by atoms with van der Waals surface area (Å²) in [6.07, 6.45) is 4.12. The van der Waals surface area contributed by atoms with E-state index in [1.165, 1.54) is 6.20 Å². The van der Waals surface area contributed by atoms with Crippen LogP contribution in [0.3, 0.4) is 0 Å². The smallest absolute Gasteiger partial charge is 0.378 e. The van der Waals surface area contributed by atoms with Crippen LogP contribution in [0.4, 0.5) is 18.9 Å². The van der Waals surface area contributed by atoms with Gasteiger partial charge >= 0.3 is 6.18 Å². The van der Waals surface area contributed by atoms with E-state index in [2.05, 4.69) is 25.4 Å². The van der Waals surface area contributed by atoms with Gasteiger partial charge in [0.05, 0.1) is 17.4 Å². The Morgan fingerprint density at radius 3 is 2.42 bits per heavy atom. The van der Waals surface area contributed by atoms with E-state index in [0.717, 1.165) is 22.4 Å². The maximum atomic E-state index is 12.7. The minimum absolute atomic E-state index is 0.0780. The van der Waals surface area contributed by atoms with E-state index in [1.807, 2.05) is 12.1 Å². The molecule has 0 amide bonds. The molecule has 0 bridgehead atoms. The number of alkyl halides is 3. The van der Waals surface area contributed by atoms with Crippen molar-refractivity contribution in [1.29, 1.82) is 0 Å². The molecule has 0 saturated heterocycles. The molecule has 0 aliphatic carbocycles. The molecule has 0 unspecified atom stereocenters. The monoisotopic (exact) mass is 447 g/mol. The zero-order valence-electron chi connectivity index (χ0n) is 15.6. The van der Waals surface area contributed by atoms with Crippen LogP contribution in [-0.2, 0) is 12.7 Å². The Morgan fingerprint density at radius 1 is 1.03 bits per heavy atom. The van der Waals surface area contributed by atoms with Crippen LogP contribution in [0.25, 0.3) is 11.6 Å². The maximum Gasteiger partial charge on any atom is 0.417 e. The summed E-state index contributed by atoms with van der Waals surface area (Å²) in [7, 11) is 0. The number of hydrogen-bond donors (Lipinski definition) is 1. The summed E-state index contributed by atoms with van der Waals surface area (Å²) in [6.45, 7) is 0.320. The molecule has 0 aliphatic rings. The Morgan fingerprint density at radius 2 is 1.81 bits per heavy atom. The summed E-state index contributed by atoms with van der Waals surface area (Å²) in [4.78, 5) is 24.5. The number of halogens is 4. The molecule has 0 saturated carbocycles. The average Bonchev–Trinajstić information content (AvgIpc) is 3.30. The molecule has 4 aromatic rings. The average molecular weight is 448 g/mol. The Hall–Kier alpha value is -3.73. The number of rotatable bonds is 5. The number of anilines is 1. The molecule has 0 atom stereocenters. The zero-order chi connectivity index (χ0) is 22.0. The van der Waals surface area contributed by atoms with Crippen molar-refractivity contribution in [3.8, 4) is 11.6 Å². The van der Waals surface area contributed by atoms with E-state index < -0.39 is 17.3 Å². The summed E-state index contributed by atoms with van der Waals surface area (Å²) < 4.78 is 40.6. The van der Waals surface area contributed by atoms with Gasteiger partial charge < -0.3 is 5.32 Å². The van der Waals surface area contributed by atoms with Crippen LogP contribution in [0.1, 0.15) is 11.1 Å². The standard InChI is InChI=1S/C19H13ClF3N7O/c20-17-14(25-7-12-1-3-15(26-8-12)29-6-5-24-11-29)10-28-30(18(17)31)16-4-2-13(9-27-16)19(21,22)23/h1-6,8-11,25H,7H2. The van der Waals surface area contributed by atoms with E-state index in [1.54, 1.807) is 29.5 Å². The van der Waals surface area contributed by atoms with Crippen molar-refractivity contribution in [3.05, 3.63) is 88.1 Å². The van der Waals surface area contributed by atoms with E-state index in [4.69, 9.17) is 11.6 Å². The molecular formula is C19H13ClF3N7O. The second-order valence-corrected chi connectivity index (χ2v) is 6.72. The molecule has 4 aromatic heterocycles. The molecule has 4 heterocycles. The lowest BCUT2D eigenvalue weighted by molar-refractivity contribution is -0.137. The van der Waals surface area contributed by atoms with Crippen LogP contribution in [0.5, 0.6) is 0 Å². The second kappa shape index (κ2) is 8.19. The molecule has 4 rings (SSSR count). The highest BCUT2D eigenvalue weighted by molar-refractivity contribution is 6.32. The Labute approximate surface area is 178 Å². The lowest BCUT2D eigenvalue weighted by Gasteiger charge is -2.11. The van der Waals surface area contributed by atoms with Gasteiger partial charge in [-0.3, -0.25) is 9.36 Å². The highest BCUT2D eigenvalue weighted by atomic mass is 35.5. The predicted octanol–water partition coefficient (Wildman–Crippen LogP) is 3.49. The lowest BCUT2D eigenvalue weighted by atomic mass is 10.2. The Balaban J connectivity index is 1.49. The molecule has 0 spiro atoms. The van der Waals surface area contributed by atoms with Gasteiger partial charge in [-0.25, -0.2) is 15.0 Å². The van der Waals surface area contributed by atoms with Crippen LogP contribution in [0.2, 0.25) is 5.02 Å². The number of pyridine rings is 2. The van der Waals surface area contributed by atoms with Crippen LogP contribution in [0, 0.1) is 0 Å². The van der Waals surface area contributed by atoms with Crippen molar-refractivity contribution < 1.29 is 13.2 Å². The van der Waals surface area contributed by atoms with Gasteiger partial charge in [-0.1, -0.05) is 17.7 Å². The van der Waals surface area contributed by atoms with Gasteiger partial charge in [-0.2, -0.15) is 23.0 Å². The molecule has 0 radical (unpaired) electrons. The van der Waals surface area contributed by atoms with Crippen molar-refractivity contribution in [1.82, 2.24) is 29.3 Å². The largest absolute Gasteiger partial charge is 0.417 e. The molecule has 0 aliphatic heterocycles. The summed E-state index contributed by atoms with van der Waals surface area (Å²) in [6, 6.07) is 5.53. The fourth-order valence-corrected chi connectivity index (χ4v) is 2.86. The van der Waals surface area contributed by atoms with E-state index in [9.17, 15) is 18.0 Å². The highest BCUT2D eigenvalue weighted by Gasteiger charge is 2.30. The maximum absolute atomic E-state index is 12.7. The minimum atomic E-state index is -4.53. The van der Waals surface area contributed by atoms with Gasteiger partial charge in [0.2, 0.25) is 0 Å². The first-order valence-electron chi connectivity index (χ1n) is 8.81. The first-order chi connectivity index (χ1) is 14.8. The minimum Gasteiger partial charge on any atom is -0.378 e. The number of imidazole rings is 1. The SMILES string of the molecule is O=c1c(Cl)c(NCc2ccc(-n3ccnc3)nc2)cnn1-c1ccc(C(F)(F)F)cn1. The van der Waals surface area contributed by atoms with E-state index >= 15 is 0 Å². The Kier molecular flexibility index (Phi) is 5.42. The fourth-order valence-electron chi connectivity index (χ4n) is 2.66. The molecule has 8 nitrogen and oxygen atoms in total. The van der Waals surface area contributed by atoms with E-state index in [0.29, 0.717) is 18.6 Å². The lowest BCUT2D eigenvalue weighted by Crippen LogP contribution is -2.23. The quantitative estimate of drug-likeness (QED) is 0.503. The van der Waals surface area contributed by atoms with Crippen molar-refractivity contribution >= 4 is 17.3 Å². The first kappa shape index (κ1) is 20.5. The van der Waals surface area contributed by atoms with Gasteiger partial charge in [-0.15, -0.1) is 0 Å². The third-order valence-corrected chi connectivity index (χ3v) is 4.64. The highest BCUT2D eigenvalue weighted by Crippen LogP contribution is 2.28. The summed E-state index contributed by atoms with van der Waals surface area (Å²) in [5.74, 6) is 0.623. The van der Waals surface area contributed by atoms with Crippen molar-refractivity contribution in [2.24, 2.45) is 0 Å². The molecule has 158 valence electrons. The van der Waals surface area contributed by atoms with Crippen LogP contribution in [0.15, 0.2) is 66.4 Å². The number of nitrogens with one attached hydrogen (secondary N) is 1. The molecule has 31 heavy (non-hydrogen) atoms. The summed E-state index contributed by atoms with van der Waals surface area (Å²) in [5, 5.41) is 6.78. The Bertz CT molecular complexity index is 1240. The molecule has 0 fully saturated rings. The summed E-state index contributed by atoms with van der Waals surface area (Å²) in [5.41, 5.74) is -0.545. The van der Waals surface area contributed by atoms with Crippen LogP contribution in [-0.4, -0.2) is 29.3 Å². The van der Waals surface area contributed by atoms with Gasteiger partial charge in [0.15, 0.2) is 5.82 Å². The summed E-state index contributed by atoms with van der Waals surface area (Å²) >= 11 is 6.14. The third kappa shape index (κ3) is 4.40. The zero-order valence-corrected chi connectivity index (χ0v) is 16.3. The fraction of sp³-hybridized carbons (Fsp3) is 0.105. The van der Waals surface area contributed by atoms with Crippen LogP contribution < -0.4 is 10.9 Å². The van der Waals surface area contributed by atoms with Gasteiger partial charge in [0.1, 0.15) is 17.2 Å². The van der Waals surface area contributed by atoms with E-state index in [-0.39, 0.29) is 16.5 Å². The number of hydrogen-bond acceptors (Lipinski definition) is 6. The number of aromatic nitrogens is 6. The molecule has 0 aromatic carbocycles. The van der Waals surface area contributed by atoms with Gasteiger partial charge in [0.25, 0.3) is 5.56 Å². The van der Waals surface area contributed by atoms with Gasteiger partial charge in [-0.05, 0) is 23.8 Å². The normalized spacial score (nSPS) is 11.5. The predicted molar refractivity (Wildman–Crippen MR) is 106 cm³/mol. The number of nitrogens with zero attached hydrogens (tertiary/aromatic N) is 6. The second-order valence-electron chi connectivity index (χ2n) is 6.34. The van der Waals surface area contributed by atoms with Crippen molar-refractivity contribution in [2.75, 3.05) is 5.32 Å². The first-order valence-corrected chi connectivity index (χ1v) is 9.19. The molecule has 12 heteroatoms. The van der Waals surface area contributed by atoms with Crippen LogP contribution >= 0.6 is 11.6 Å². The molecule has 1 N–H and O–H groups in total. The third-order valence-electron chi connectivity index (χ3n) is 4.27. The van der Waals surface area contributed by atoms with Crippen molar-refractivity contribution in [3.63, 3.8) is 0 Å². The molecular weight excluding hydrogens is 435 g/mol. The van der Waals surface area contributed by atoms with Gasteiger partial charge in [0, 0.05) is 31.3 Å². The topological polar surface area (TPSA) is 90.5 Å².